The van der Waals surface area contributed by atoms with Gasteiger partial charge in [-0.3, -0.25) is 9.59 Å². The minimum Gasteiger partial charge on any atom is -0.507 e. The Hall–Kier alpha value is -3.32. The van der Waals surface area contributed by atoms with E-state index in [0.717, 1.165) is 42.0 Å². The molecule has 1 amide bonds. The Labute approximate surface area is 201 Å². The fourth-order valence-electron chi connectivity index (χ4n) is 4.69. The molecule has 2 heterocycles. The van der Waals surface area contributed by atoms with Crippen molar-refractivity contribution in [3.63, 3.8) is 0 Å². The van der Waals surface area contributed by atoms with Gasteiger partial charge in [0.25, 0.3) is 11.7 Å². The van der Waals surface area contributed by atoms with E-state index in [9.17, 15) is 14.7 Å². The highest BCUT2D eigenvalue weighted by Crippen LogP contribution is 2.41. The molecule has 2 atom stereocenters. The number of ether oxygens (including phenoxy) is 1. The number of benzene rings is 2. The first-order chi connectivity index (χ1) is 16.2. The van der Waals surface area contributed by atoms with Crippen LogP contribution in [0.25, 0.3) is 5.76 Å². The lowest BCUT2D eigenvalue weighted by Crippen LogP contribution is -2.32. The Kier molecular flexibility index (Phi) is 6.66. The predicted octanol–water partition coefficient (Wildman–Crippen LogP) is 3.45. The fraction of sp³-hybridized carbons (Fsp3) is 0.407. The highest BCUT2D eigenvalue weighted by atomic mass is 16.5. The van der Waals surface area contributed by atoms with Gasteiger partial charge in [-0.1, -0.05) is 12.1 Å². The average molecular weight is 464 g/mol. The van der Waals surface area contributed by atoms with Crippen molar-refractivity contribution in [1.29, 1.82) is 0 Å². The van der Waals surface area contributed by atoms with Crippen molar-refractivity contribution in [1.82, 2.24) is 9.80 Å². The van der Waals surface area contributed by atoms with Gasteiger partial charge in [0.15, 0.2) is 0 Å². The summed E-state index contributed by atoms with van der Waals surface area (Å²) in [5.41, 5.74) is 3.47. The molecule has 34 heavy (non-hydrogen) atoms. The summed E-state index contributed by atoms with van der Waals surface area (Å²) in [6.45, 7) is 3.21. The zero-order valence-corrected chi connectivity index (χ0v) is 20.5. The first kappa shape index (κ1) is 23.8. The van der Waals surface area contributed by atoms with Crippen molar-refractivity contribution in [3.8, 4) is 5.75 Å². The van der Waals surface area contributed by atoms with Crippen LogP contribution in [0, 0.1) is 0 Å². The molecule has 1 fully saturated rings. The number of ketones is 1. The number of hydrogen-bond acceptors (Lipinski definition) is 6. The predicted molar refractivity (Wildman–Crippen MR) is 133 cm³/mol. The Bertz CT molecular complexity index is 1120. The van der Waals surface area contributed by atoms with Crippen LogP contribution in [0.4, 0.5) is 5.69 Å². The third kappa shape index (κ3) is 4.53. The number of likely N-dealkylation sites (tertiary alicyclic amines) is 1. The van der Waals surface area contributed by atoms with E-state index in [-0.39, 0.29) is 17.4 Å². The van der Waals surface area contributed by atoms with Gasteiger partial charge >= 0.3 is 0 Å². The molecule has 7 heteroatoms. The smallest absolute Gasteiger partial charge is 0.295 e. The third-order valence-electron chi connectivity index (χ3n) is 6.44. The van der Waals surface area contributed by atoms with E-state index >= 15 is 0 Å². The van der Waals surface area contributed by atoms with Crippen LogP contribution in [-0.4, -0.2) is 74.0 Å². The second kappa shape index (κ2) is 9.50. The van der Waals surface area contributed by atoms with Crippen molar-refractivity contribution >= 4 is 23.1 Å². The molecule has 4 rings (SSSR count). The number of aliphatic hydroxyl groups is 1. The molecule has 0 aliphatic carbocycles. The molecule has 2 aromatic rings. The van der Waals surface area contributed by atoms with E-state index in [1.165, 1.54) is 0 Å². The van der Waals surface area contributed by atoms with Crippen molar-refractivity contribution in [2.45, 2.75) is 31.9 Å². The molecule has 2 aromatic carbocycles. The monoisotopic (exact) mass is 463 g/mol. The number of hydrogen-bond donors (Lipinski definition) is 1. The molecule has 0 radical (unpaired) electrons. The topological polar surface area (TPSA) is 73.3 Å². The second-order valence-corrected chi connectivity index (χ2v) is 9.59. The fourth-order valence-corrected chi connectivity index (χ4v) is 4.69. The summed E-state index contributed by atoms with van der Waals surface area (Å²) < 4.78 is 5.77. The highest BCUT2D eigenvalue weighted by molar-refractivity contribution is 6.46. The van der Waals surface area contributed by atoms with Crippen LogP contribution in [0.5, 0.6) is 5.75 Å². The number of rotatable bonds is 7. The van der Waals surface area contributed by atoms with Gasteiger partial charge in [-0.2, -0.15) is 0 Å². The van der Waals surface area contributed by atoms with Crippen LogP contribution in [0.1, 0.15) is 36.1 Å². The SMILES string of the molecule is C[C@H]1Cc2cc(C(O)=C3C(=O)C(=O)N(CCCN(C)C)[C@H]3c3ccc(N(C)C)cc3)ccc2O1. The van der Waals surface area contributed by atoms with Gasteiger partial charge in [-0.15, -0.1) is 0 Å². The van der Waals surface area contributed by atoms with E-state index < -0.39 is 17.7 Å². The number of fused-ring (bicyclic) bond motifs is 1. The first-order valence-electron chi connectivity index (χ1n) is 11.7. The number of nitrogens with zero attached hydrogens (tertiary/aromatic N) is 3. The number of amides is 1. The first-order valence-corrected chi connectivity index (χ1v) is 11.7. The summed E-state index contributed by atoms with van der Waals surface area (Å²) in [7, 11) is 7.87. The molecule has 0 spiro atoms. The zero-order valence-electron chi connectivity index (χ0n) is 20.5. The largest absolute Gasteiger partial charge is 0.507 e. The molecular formula is C27H33N3O4. The lowest BCUT2D eigenvalue weighted by Gasteiger charge is -2.26. The van der Waals surface area contributed by atoms with Crippen molar-refractivity contribution in [2.24, 2.45) is 0 Å². The van der Waals surface area contributed by atoms with Gasteiger partial charge in [-0.05, 0) is 75.4 Å². The Balaban J connectivity index is 1.77. The number of Topliss-reactive ketones (excluding diaryl/α,β-unsaturated/α-hetero) is 1. The van der Waals surface area contributed by atoms with Crippen LogP contribution in [0.2, 0.25) is 0 Å². The lowest BCUT2D eigenvalue weighted by molar-refractivity contribution is -0.139. The maximum Gasteiger partial charge on any atom is 0.295 e. The Morgan fingerprint density at radius 1 is 1.09 bits per heavy atom. The summed E-state index contributed by atoms with van der Waals surface area (Å²) in [6.07, 6.45) is 1.54. The van der Waals surface area contributed by atoms with Gasteiger partial charge in [0.2, 0.25) is 0 Å². The van der Waals surface area contributed by atoms with Gasteiger partial charge in [-0.25, -0.2) is 0 Å². The minimum absolute atomic E-state index is 0.0740. The van der Waals surface area contributed by atoms with Gasteiger partial charge in [0, 0.05) is 38.3 Å². The Morgan fingerprint density at radius 2 is 1.79 bits per heavy atom. The maximum atomic E-state index is 13.2. The molecule has 2 aliphatic heterocycles. The molecule has 0 aromatic heterocycles. The average Bonchev–Trinajstić information content (AvgIpc) is 3.29. The van der Waals surface area contributed by atoms with E-state index in [1.807, 2.05) is 81.3 Å². The van der Waals surface area contributed by atoms with E-state index in [4.69, 9.17) is 4.74 Å². The van der Waals surface area contributed by atoms with Gasteiger partial charge in [0.1, 0.15) is 17.6 Å². The van der Waals surface area contributed by atoms with E-state index in [2.05, 4.69) is 0 Å². The van der Waals surface area contributed by atoms with Gasteiger partial charge < -0.3 is 24.5 Å². The highest BCUT2D eigenvalue weighted by Gasteiger charge is 2.45. The summed E-state index contributed by atoms with van der Waals surface area (Å²) in [4.78, 5) is 32.0. The lowest BCUT2D eigenvalue weighted by atomic mass is 9.94. The number of anilines is 1. The van der Waals surface area contributed by atoms with Crippen LogP contribution in [-0.2, 0) is 16.0 Å². The summed E-state index contributed by atoms with van der Waals surface area (Å²) >= 11 is 0. The number of aliphatic hydroxyl groups excluding tert-OH is 1. The molecule has 0 saturated carbocycles. The van der Waals surface area contributed by atoms with E-state index in [0.29, 0.717) is 12.1 Å². The van der Waals surface area contributed by atoms with Crippen LogP contribution in [0.15, 0.2) is 48.0 Å². The van der Waals surface area contributed by atoms with E-state index in [1.54, 1.807) is 11.0 Å². The van der Waals surface area contributed by atoms with Crippen LogP contribution >= 0.6 is 0 Å². The summed E-state index contributed by atoms with van der Waals surface area (Å²) in [5, 5.41) is 11.3. The Morgan fingerprint density at radius 3 is 2.44 bits per heavy atom. The summed E-state index contributed by atoms with van der Waals surface area (Å²) in [6, 6.07) is 12.6. The number of carbonyl (C=O) groups is 2. The molecule has 2 aliphatic rings. The zero-order chi connectivity index (χ0) is 24.6. The quantitative estimate of drug-likeness (QED) is 0.385. The molecule has 7 nitrogen and oxygen atoms in total. The summed E-state index contributed by atoms with van der Waals surface area (Å²) in [5.74, 6) is -0.559. The third-order valence-corrected chi connectivity index (χ3v) is 6.44. The standard InChI is InChI=1S/C27H33N3O4/c1-17-15-20-16-19(9-12-22(20)34-17)25(31)23-24(18-7-10-21(11-8-18)29(4)5)30(27(33)26(23)32)14-6-13-28(2)3/h7-12,16-17,24,31H,6,13-15H2,1-5H3/t17-,24-/m0/s1. The molecule has 0 unspecified atom stereocenters. The maximum absolute atomic E-state index is 13.2. The second-order valence-electron chi connectivity index (χ2n) is 9.59. The van der Waals surface area contributed by atoms with Gasteiger partial charge in [0.05, 0.1) is 11.6 Å². The molecule has 180 valence electrons. The molecule has 1 N–H and O–H groups in total. The van der Waals surface area contributed by atoms with Crippen molar-refractivity contribution < 1.29 is 19.4 Å². The molecule has 1 saturated heterocycles. The normalized spacial score (nSPS) is 21.2. The van der Waals surface area contributed by atoms with Crippen LogP contribution < -0.4 is 9.64 Å². The van der Waals surface area contributed by atoms with Crippen molar-refractivity contribution in [3.05, 3.63) is 64.7 Å². The number of carbonyl (C=O) groups excluding carboxylic acids is 2. The minimum atomic E-state index is -0.644. The molecule has 0 bridgehead atoms. The van der Waals surface area contributed by atoms with Crippen molar-refractivity contribution in [2.75, 3.05) is 46.2 Å². The molecular weight excluding hydrogens is 430 g/mol. The van der Waals surface area contributed by atoms with Crippen LogP contribution in [0.3, 0.4) is 0 Å².